The Morgan fingerprint density at radius 1 is 1.32 bits per heavy atom. The molecule has 6 heteroatoms. The van der Waals surface area contributed by atoms with Crippen molar-refractivity contribution in [1.82, 2.24) is 14.9 Å². The van der Waals surface area contributed by atoms with Crippen LogP contribution in [0.15, 0.2) is 10.7 Å². The van der Waals surface area contributed by atoms with Gasteiger partial charge in [-0.3, -0.25) is 0 Å². The fraction of sp³-hybridized carbons (Fsp3) is 0.692. The van der Waals surface area contributed by atoms with E-state index in [0.717, 1.165) is 36.5 Å². The Morgan fingerprint density at radius 2 is 2.00 bits per heavy atom. The van der Waals surface area contributed by atoms with Gasteiger partial charge in [0.05, 0.1) is 4.47 Å². The van der Waals surface area contributed by atoms with E-state index < -0.39 is 0 Å². The van der Waals surface area contributed by atoms with Gasteiger partial charge < -0.3 is 15.5 Å². The zero-order chi connectivity index (χ0) is 14.3. The second kappa shape index (κ2) is 8.32. The van der Waals surface area contributed by atoms with Crippen molar-refractivity contribution in [3.8, 4) is 0 Å². The minimum absolute atomic E-state index is 0.334. The van der Waals surface area contributed by atoms with Crippen molar-refractivity contribution >= 4 is 27.7 Å². The maximum Gasteiger partial charge on any atom is 0.224 e. The van der Waals surface area contributed by atoms with Crippen LogP contribution >= 0.6 is 15.9 Å². The zero-order valence-corrected chi connectivity index (χ0v) is 13.8. The van der Waals surface area contributed by atoms with E-state index in [-0.39, 0.29) is 0 Å². The summed E-state index contributed by atoms with van der Waals surface area (Å²) in [6.07, 6.45) is 1.78. The van der Waals surface area contributed by atoms with Crippen molar-refractivity contribution in [2.45, 2.75) is 33.7 Å². The lowest BCUT2D eigenvalue weighted by Crippen LogP contribution is -2.35. The van der Waals surface area contributed by atoms with E-state index in [2.05, 4.69) is 62.2 Å². The van der Waals surface area contributed by atoms with Crippen molar-refractivity contribution in [2.75, 3.05) is 36.8 Å². The second-order valence-corrected chi connectivity index (χ2v) is 5.31. The van der Waals surface area contributed by atoms with Crippen molar-refractivity contribution in [1.29, 1.82) is 0 Å². The first-order chi connectivity index (χ1) is 9.10. The van der Waals surface area contributed by atoms with E-state index in [1.165, 1.54) is 0 Å². The molecule has 0 radical (unpaired) electrons. The molecular formula is C13H24BrN5. The van der Waals surface area contributed by atoms with Crippen LogP contribution in [0.5, 0.6) is 0 Å². The fourth-order valence-corrected chi connectivity index (χ4v) is 2.17. The number of nitrogens with zero attached hydrogens (tertiary/aromatic N) is 3. The summed E-state index contributed by atoms with van der Waals surface area (Å²) in [5.74, 6) is 1.49. The molecule has 1 rings (SSSR count). The monoisotopic (exact) mass is 329 g/mol. The molecule has 1 unspecified atom stereocenters. The molecule has 0 fully saturated rings. The molecule has 0 aliphatic carbocycles. The third-order valence-electron chi connectivity index (χ3n) is 2.89. The van der Waals surface area contributed by atoms with Gasteiger partial charge in [0.15, 0.2) is 0 Å². The van der Waals surface area contributed by atoms with Crippen LogP contribution in [-0.4, -0.2) is 47.1 Å². The average Bonchev–Trinajstić information content (AvgIpc) is 2.40. The predicted octanol–water partition coefficient (Wildman–Crippen LogP) is 2.81. The van der Waals surface area contributed by atoms with E-state index in [4.69, 9.17) is 0 Å². The van der Waals surface area contributed by atoms with E-state index in [1.54, 1.807) is 6.20 Å². The SMILES string of the molecule is CCNc1ncc(Br)c(NC(C)CN(CC)CC)n1. The molecule has 0 saturated heterocycles. The van der Waals surface area contributed by atoms with Gasteiger partial charge in [0.2, 0.25) is 5.95 Å². The molecule has 1 aromatic heterocycles. The van der Waals surface area contributed by atoms with Gasteiger partial charge in [-0.15, -0.1) is 0 Å². The van der Waals surface area contributed by atoms with Crippen LogP contribution in [-0.2, 0) is 0 Å². The summed E-state index contributed by atoms with van der Waals surface area (Å²) in [7, 11) is 0. The van der Waals surface area contributed by atoms with Gasteiger partial charge in [-0.1, -0.05) is 13.8 Å². The number of rotatable bonds is 8. The Hall–Kier alpha value is -0.880. The molecule has 19 heavy (non-hydrogen) atoms. The Bertz CT molecular complexity index is 381. The van der Waals surface area contributed by atoms with E-state index in [0.29, 0.717) is 12.0 Å². The largest absolute Gasteiger partial charge is 0.365 e. The number of hydrogen-bond donors (Lipinski definition) is 2. The van der Waals surface area contributed by atoms with Crippen molar-refractivity contribution in [3.05, 3.63) is 10.7 Å². The van der Waals surface area contributed by atoms with Crippen LogP contribution < -0.4 is 10.6 Å². The molecule has 1 aromatic rings. The minimum atomic E-state index is 0.334. The summed E-state index contributed by atoms with van der Waals surface area (Å²) in [5.41, 5.74) is 0. The Morgan fingerprint density at radius 3 is 2.58 bits per heavy atom. The quantitative estimate of drug-likeness (QED) is 0.768. The summed E-state index contributed by atoms with van der Waals surface area (Å²) in [5, 5.41) is 6.55. The summed E-state index contributed by atoms with van der Waals surface area (Å²) < 4.78 is 0.889. The topological polar surface area (TPSA) is 53.1 Å². The van der Waals surface area contributed by atoms with Crippen LogP contribution in [0, 0.1) is 0 Å². The normalized spacial score (nSPS) is 12.5. The summed E-state index contributed by atoms with van der Waals surface area (Å²) in [6.45, 7) is 12.5. The number of nitrogens with one attached hydrogen (secondary N) is 2. The van der Waals surface area contributed by atoms with Crippen LogP contribution in [0.4, 0.5) is 11.8 Å². The molecule has 0 aromatic carbocycles. The predicted molar refractivity (Wildman–Crippen MR) is 84.8 cm³/mol. The molecule has 0 amide bonds. The number of hydrogen-bond acceptors (Lipinski definition) is 5. The maximum absolute atomic E-state index is 4.46. The Kier molecular flexibility index (Phi) is 7.09. The molecule has 1 atom stereocenters. The summed E-state index contributed by atoms with van der Waals surface area (Å²) in [4.78, 5) is 11.1. The zero-order valence-electron chi connectivity index (χ0n) is 12.2. The Labute approximate surface area is 124 Å². The summed E-state index contributed by atoms with van der Waals surface area (Å²) >= 11 is 3.48. The van der Waals surface area contributed by atoms with Crippen LogP contribution in [0.1, 0.15) is 27.7 Å². The maximum atomic E-state index is 4.46. The molecule has 0 bridgehead atoms. The highest BCUT2D eigenvalue weighted by molar-refractivity contribution is 9.10. The highest BCUT2D eigenvalue weighted by Gasteiger charge is 2.10. The van der Waals surface area contributed by atoms with Crippen LogP contribution in [0.25, 0.3) is 0 Å². The fourth-order valence-electron chi connectivity index (χ4n) is 1.86. The molecule has 108 valence electrons. The molecule has 1 heterocycles. The first-order valence-electron chi connectivity index (χ1n) is 6.85. The molecule has 0 aliphatic heterocycles. The molecule has 0 aliphatic rings. The average molecular weight is 330 g/mol. The highest BCUT2D eigenvalue weighted by Crippen LogP contribution is 2.20. The lowest BCUT2D eigenvalue weighted by atomic mass is 10.3. The number of likely N-dealkylation sites (N-methyl/N-ethyl adjacent to an activating group) is 1. The molecule has 0 saturated carbocycles. The first kappa shape index (κ1) is 16.2. The molecular weight excluding hydrogens is 306 g/mol. The third kappa shape index (κ3) is 5.32. The Balaban J connectivity index is 2.66. The molecule has 2 N–H and O–H groups in total. The van der Waals surface area contributed by atoms with E-state index in [1.807, 2.05) is 6.92 Å². The molecule has 0 spiro atoms. The van der Waals surface area contributed by atoms with E-state index >= 15 is 0 Å². The van der Waals surface area contributed by atoms with Gasteiger partial charge in [0, 0.05) is 25.3 Å². The standard InChI is InChI=1S/C13H24BrN5/c1-5-15-13-16-8-11(14)12(18-13)17-10(4)9-19(6-2)7-3/h8,10H,5-7,9H2,1-4H3,(H2,15,16,17,18). The number of aromatic nitrogens is 2. The lowest BCUT2D eigenvalue weighted by Gasteiger charge is -2.24. The first-order valence-corrected chi connectivity index (χ1v) is 7.65. The second-order valence-electron chi connectivity index (χ2n) is 4.45. The third-order valence-corrected chi connectivity index (χ3v) is 3.47. The highest BCUT2D eigenvalue weighted by atomic mass is 79.9. The smallest absolute Gasteiger partial charge is 0.224 e. The van der Waals surface area contributed by atoms with Gasteiger partial charge in [0.25, 0.3) is 0 Å². The minimum Gasteiger partial charge on any atom is -0.365 e. The van der Waals surface area contributed by atoms with Gasteiger partial charge in [-0.05, 0) is 42.9 Å². The lowest BCUT2D eigenvalue weighted by molar-refractivity contribution is 0.294. The van der Waals surface area contributed by atoms with Crippen LogP contribution in [0.3, 0.4) is 0 Å². The number of halogens is 1. The van der Waals surface area contributed by atoms with Gasteiger partial charge in [0.1, 0.15) is 5.82 Å². The van der Waals surface area contributed by atoms with Gasteiger partial charge in [-0.25, -0.2) is 4.98 Å². The van der Waals surface area contributed by atoms with Crippen LogP contribution in [0.2, 0.25) is 0 Å². The van der Waals surface area contributed by atoms with Crippen molar-refractivity contribution in [2.24, 2.45) is 0 Å². The van der Waals surface area contributed by atoms with Crippen molar-refractivity contribution < 1.29 is 0 Å². The molecule has 5 nitrogen and oxygen atoms in total. The van der Waals surface area contributed by atoms with E-state index in [9.17, 15) is 0 Å². The summed E-state index contributed by atoms with van der Waals surface area (Å²) in [6, 6.07) is 0.334. The van der Waals surface area contributed by atoms with Gasteiger partial charge >= 0.3 is 0 Å². The number of anilines is 2. The van der Waals surface area contributed by atoms with Crippen molar-refractivity contribution in [3.63, 3.8) is 0 Å². The van der Waals surface area contributed by atoms with Gasteiger partial charge in [-0.2, -0.15) is 4.98 Å².